The fraction of sp³-hybridized carbons (Fsp3) is 0. The first-order chi connectivity index (χ1) is 28.3. The number of hydrogen-bond acceptors (Lipinski definition) is 1. The average molecular weight is 727 g/mol. The third-order valence-electron chi connectivity index (χ3n) is 11.7. The van der Waals surface area contributed by atoms with Gasteiger partial charge in [0.25, 0.3) is 0 Å². The first-order valence-electron chi connectivity index (χ1n) is 19.5. The summed E-state index contributed by atoms with van der Waals surface area (Å²) in [6, 6.07) is 74.5. The molecular weight excluding hydrogens is 693 g/mol. The van der Waals surface area contributed by atoms with Gasteiger partial charge in [0.1, 0.15) is 11.2 Å². The average Bonchev–Trinajstić information content (AvgIpc) is 3.94. The van der Waals surface area contributed by atoms with Crippen LogP contribution in [0.2, 0.25) is 0 Å². The van der Waals surface area contributed by atoms with Crippen LogP contribution in [0.15, 0.2) is 211 Å². The largest absolute Gasteiger partial charge is 0.456 e. The Labute approximate surface area is 328 Å². The van der Waals surface area contributed by atoms with Gasteiger partial charge >= 0.3 is 0 Å². The molecule has 0 aliphatic carbocycles. The number of para-hydroxylation sites is 3. The summed E-state index contributed by atoms with van der Waals surface area (Å²) >= 11 is 0. The van der Waals surface area contributed by atoms with Gasteiger partial charge in [-0.2, -0.15) is 0 Å². The summed E-state index contributed by atoms with van der Waals surface area (Å²) in [5.41, 5.74) is 15.9. The Morgan fingerprint density at radius 3 is 1.65 bits per heavy atom. The Bertz CT molecular complexity index is 3510. The van der Waals surface area contributed by atoms with Gasteiger partial charge in [-0.3, -0.25) is 0 Å². The van der Waals surface area contributed by atoms with Gasteiger partial charge in [0.2, 0.25) is 0 Å². The highest BCUT2D eigenvalue weighted by atomic mass is 16.3. The van der Waals surface area contributed by atoms with Crippen LogP contribution < -0.4 is 0 Å². The molecule has 0 saturated carbocycles. The van der Waals surface area contributed by atoms with E-state index >= 15 is 0 Å². The highest BCUT2D eigenvalue weighted by molar-refractivity contribution is 6.16. The molecule has 0 saturated heterocycles. The van der Waals surface area contributed by atoms with Crippen molar-refractivity contribution in [3.8, 4) is 44.8 Å². The highest BCUT2D eigenvalue weighted by Crippen LogP contribution is 2.42. The Kier molecular flexibility index (Phi) is 6.93. The molecule has 0 amide bonds. The minimum Gasteiger partial charge on any atom is -0.456 e. The van der Waals surface area contributed by atoms with Crippen LogP contribution in [0.4, 0.5) is 0 Å². The number of rotatable bonds is 5. The molecule has 0 bridgehead atoms. The van der Waals surface area contributed by atoms with E-state index in [9.17, 15) is 0 Å². The van der Waals surface area contributed by atoms with Crippen molar-refractivity contribution in [1.82, 2.24) is 9.13 Å². The van der Waals surface area contributed by atoms with Crippen LogP contribution in [-0.4, -0.2) is 9.13 Å². The number of hydrogen-bond donors (Lipinski definition) is 0. The van der Waals surface area contributed by atoms with Crippen molar-refractivity contribution in [2.75, 3.05) is 0 Å². The lowest BCUT2D eigenvalue weighted by atomic mass is 9.99. The second-order valence-electron chi connectivity index (χ2n) is 14.9. The maximum absolute atomic E-state index is 6.33. The molecule has 0 N–H and O–H groups in total. The molecule has 12 rings (SSSR count). The number of aromatic nitrogens is 2. The standard InChI is InChI=1S/C54H34N2O/c1-3-13-35(14-4-1)37-17-11-18-40(31-37)56-51-30-26-39(33-48(51)46-22-12-21-42(54(46)56)36-15-5-2-6-16-36)38-25-29-50-47(32-38)43-19-7-9-23-49(43)55(50)41-27-28-45-44-20-8-10-24-52(44)57-53(45)34-41/h1-34H. The summed E-state index contributed by atoms with van der Waals surface area (Å²) in [7, 11) is 0. The normalized spacial score (nSPS) is 11.9. The molecule has 3 heteroatoms. The summed E-state index contributed by atoms with van der Waals surface area (Å²) in [6.07, 6.45) is 0. The molecule has 3 aromatic heterocycles. The fourth-order valence-electron chi connectivity index (χ4n) is 9.11. The molecule has 9 aromatic carbocycles. The molecule has 0 aliphatic rings. The lowest BCUT2D eigenvalue weighted by Gasteiger charge is -2.13. The monoisotopic (exact) mass is 726 g/mol. The molecule has 266 valence electrons. The van der Waals surface area contributed by atoms with Crippen molar-refractivity contribution in [3.05, 3.63) is 206 Å². The van der Waals surface area contributed by atoms with Gasteiger partial charge < -0.3 is 13.6 Å². The van der Waals surface area contributed by atoms with E-state index in [0.717, 1.165) is 33.3 Å². The van der Waals surface area contributed by atoms with Crippen molar-refractivity contribution < 1.29 is 4.42 Å². The molecule has 0 unspecified atom stereocenters. The molecule has 3 nitrogen and oxygen atoms in total. The van der Waals surface area contributed by atoms with Crippen LogP contribution in [0.5, 0.6) is 0 Å². The molecule has 57 heavy (non-hydrogen) atoms. The zero-order valence-electron chi connectivity index (χ0n) is 30.9. The third kappa shape index (κ3) is 4.92. The number of benzene rings is 9. The topological polar surface area (TPSA) is 23.0 Å². The van der Waals surface area contributed by atoms with E-state index in [1.165, 1.54) is 77.0 Å². The Morgan fingerprint density at radius 2 is 0.842 bits per heavy atom. The fourth-order valence-corrected chi connectivity index (χ4v) is 9.11. The smallest absolute Gasteiger partial charge is 0.137 e. The predicted octanol–water partition coefficient (Wildman–Crippen LogP) is 14.8. The first-order valence-corrected chi connectivity index (χ1v) is 19.5. The molecule has 0 spiro atoms. The minimum atomic E-state index is 0.894. The van der Waals surface area contributed by atoms with E-state index in [0.29, 0.717) is 0 Å². The second kappa shape index (κ2) is 12.5. The zero-order valence-corrected chi connectivity index (χ0v) is 30.9. The molecule has 0 radical (unpaired) electrons. The van der Waals surface area contributed by atoms with Gasteiger partial charge in [0, 0.05) is 55.3 Å². The quantitative estimate of drug-likeness (QED) is 0.173. The maximum Gasteiger partial charge on any atom is 0.137 e. The van der Waals surface area contributed by atoms with Crippen LogP contribution in [0, 0.1) is 0 Å². The Balaban J connectivity index is 1.05. The van der Waals surface area contributed by atoms with Crippen molar-refractivity contribution in [2.24, 2.45) is 0 Å². The molecule has 3 heterocycles. The van der Waals surface area contributed by atoms with Gasteiger partial charge in [-0.1, -0.05) is 140 Å². The predicted molar refractivity (Wildman–Crippen MR) is 239 cm³/mol. The molecule has 0 aliphatic heterocycles. The summed E-state index contributed by atoms with van der Waals surface area (Å²) in [6.45, 7) is 0. The SMILES string of the molecule is c1ccc(-c2cccc(-n3c4ccc(-c5ccc6c(c5)c5ccccc5n6-c5ccc6c(c5)oc5ccccc56)cc4c4cccc(-c5ccccc5)c43)c2)cc1. The lowest BCUT2D eigenvalue weighted by Crippen LogP contribution is -1.96. The molecular formula is C54H34N2O. The van der Waals surface area contributed by atoms with E-state index < -0.39 is 0 Å². The molecule has 0 fully saturated rings. The number of nitrogens with zero attached hydrogens (tertiary/aromatic N) is 2. The molecule has 12 aromatic rings. The lowest BCUT2D eigenvalue weighted by molar-refractivity contribution is 0.668. The Morgan fingerprint density at radius 1 is 0.281 bits per heavy atom. The van der Waals surface area contributed by atoms with Crippen molar-refractivity contribution in [1.29, 1.82) is 0 Å². The van der Waals surface area contributed by atoms with Crippen molar-refractivity contribution in [2.45, 2.75) is 0 Å². The number of fused-ring (bicyclic) bond motifs is 9. The number of furan rings is 1. The van der Waals surface area contributed by atoms with Gasteiger partial charge in [-0.25, -0.2) is 0 Å². The van der Waals surface area contributed by atoms with Crippen LogP contribution in [0.3, 0.4) is 0 Å². The van der Waals surface area contributed by atoms with E-state index in [4.69, 9.17) is 4.42 Å². The van der Waals surface area contributed by atoms with Crippen LogP contribution in [-0.2, 0) is 0 Å². The van der Waals surface area contributed by atoms with Crippen molar-refractivity contribution in [3.63, 3.8) is 0 Å². The van der Waals surface area contributed by atoms with Crippen LogP contribution in [0.1, 0.15) is 0 Å². The summed E-state index contributed by atoms with van der Waals surface area (Å²) in [4.78, 5) is 0. The third-order valence-corrected chi connectivity index (χ3v) is 11.7. The summed E-state index contributed by atoms with van der Waals surface area (Å²) in [5.74, 6) is 0. The van der Waals surface area contributed by atoms with E-state index in [2.05, 4.69) is 203 Å². The van der Waals surface area contributed by atoms with E-state index in [-0.39, 0.29) is 0 Å². The van der Waals surface area contributed by atoms with Gasteiger partial charge in [-0.05, 0) is 88.5 Å². The summed E-state index contributed by atoms with van der Waals surface area (Å²) < 4.78 is 11.2. The van der Waals surface area contributed by atoms with Gasteiger partial charge in [-0.15, -0.1) is 0 Å². The van der Waals surface area contributed by atoms with Gasteiger partial charge in [0.05, 0.1) is 22.1 Å². The minimum absolute atomic E-state index is 0.894. The zero-order chi connectivity index (χ0) is 37.5. The second-order valence-corrected chi connectivity index (χ2v) is 14.9. The highest BCUT2D eigenvalue weighted by Gasteiger charge is 2.19. The van der Waals surface area contributed by atoms with Crippen LogP contribution in [0.25, 0.3) is 110 Å². The Hall–Kier alpha value is -7.62. The van der Waals surface area contributed by atoms with Crippen LogP contribution >= 0.6 is 0 Å². The van der Waals surface area contributed by atoms with Crippen molar-refractivity contribution >= 4 is 65.6 Å². The molecule has 0 atom stereocenters. The summed E-state index contributed by atoms with van der Waals surface area (Å²) in [5, 5.41) is 7.18. The van der Waals surface area contributed by atoms with E-state index in [1.54, 1.807) is 0 Å². The van der Waals surface area contributed by atoms with E-state index in [1.807, 2.05) is 12.1 Å². The maximum atomic E-state index is 6.33. The first kappa shape index (κ1) is 31.7. The van der Waals surface area contributed by atoms with Gasteiger partial charge in [0.15, 0.2) is 0 Å².